The van der Waals surface area contributed by atoms with E-state index < -0.39 is 0 Å². The van der Waals surface area contributed by atoms with Gasteiger partial charge in [0.1, 0.15) is 22.3 Å². The van der Waals surface area contributed by atoms with E-state index in [2.05, 4.69) is 127 Å². The number of benzene rings is 9. The van der Waals surface area contributed by atoms with Crippen LogP contribution in [0.3, 0.4) is 0 Å². The molecule has 0 amide bonds. The minimum absolute atomic E-state index is 0.379. The van der Waals surface area contributed by atoms with Crippen molar-refractivity contribution in [2.45, 2.75) is 5.41 Å². The third-order valence-electron chi connectivity index (χ3n) is 13.4. The van der Waals surface area contributed by atoms with Gasteiger partial charge in [-0.3, -0.25) is 0 Å². The summed E-state index contributed by atoms with van der Waals surface area (Å²) >= 11 is 0. The predicted octanol–water partition coefficient (Wildman–Crippen LogP) is 14.7. The minimum atomic E-state index is -0.379. The highest BCUT2D eigenvalue weighted by Gasteiger charge is 2.51. The van der Waals surface area contributed by atoms with Crippen molar-refractivity contribution in [3.8, 4) is 67.5 Å². The van der Waals surface area contributed by atoms with E-state index in [0.29, 0.717) is 17.5 Å². The first kappa shape index (κ1) is 34.3. The van der Waals surface area contributed by atoms with Gasteiger partial charge in [-0.1, -0.05) is 164 Å². The van der Waals surface area contributed by atoms with Crippen molar-refractivity contribution in [2.24, 2.45) is 0 Å². The standard InChI is InChI=1S/C58H33N3O2/c1-2-14-34(15-3-1)55-59-56(41-20-12-26-51-53(41)40-19-7-11-25-49(40)62-51)61-57(60-55)42-21-13-27-52-54(42)44-33-36(29-31-50(44)63-52)35-28-30-48-43(32-35)39-18-6-10-24-47(39)58(48)45-22-8-4-16-37(45)38-17-5-9-23-46(38)58/h1-33H. The Balaban J connectivity index is 0.959. The van der Waals surface area contributed by atoms with Gasteiger partial charge < -0.3 is 8.83 Å². The van der Waals surface area contributed by atoms with E-state index in [4.69, 9.17) is 23.8 Å². The van der Waals surface area contributed by atoms with Gasteiger partial charge >= 0.3 is 0 Å². The van der Waals surface area contributed by atoms with Gasteiger partial charge in [-0.05, 0) is 92.0 Å². The summed E-state index contributed by atoms with van der Waals surface area (Å²) in [5.41, 5.74) is 18.2. The Kier molecular flexibility index (Phi) is 6.97. The van der Waals surface area contributed by atoms with Gasteiger partial charge in [-0.25, -0.2) is 15.0 Å². The molecule has 0 fully saturated rings. The average molecular weight is 804 g/mol. The molecule has 0 atom stereocenters. The first-order chi connectivity index (χ1) is 31.2. The molecule has 0 unspecified atom stereocenters. The quantitative estimate of drug-likeness (QED) is 0.177. The van der Waals surface area contributed by atoms with E-state index in [9.17, 15) is 0 Å². The van der Waals surface area contributed by atoms with Gasteiger partial charge in [0.25, 0.3) is 0 Å². The molecule has 14 rings (SSSR count). The van der Waals surface area contributed by atoms with Crippen LogP contribution in [0.5, 0.6) is 0 Å². The Bertz CT molecular complexity index is 3830. The number of furan rings is 2. The van der Waals surface area contributed by atoms with Crippen LogP contribution >= 0.6 is 0 Å². The van der Waals surface area contributed by atoms with Gasteiger partial charge in [0.15, 0.2) is 17.5 Å². The van der Waals surface area contributed by atoms with E-state index in [1.165, 1.54) is 44.5 Å². The molecule has 5 nitrogen and oxygen atoms in total. The molecule has 0 radical (unpaired) electrons. The van der Waals surface area contributed by atoms with Crippen LogP contribution in [0, 0.1) is 0 Å². The van der Waals surface area contributed by atoms with Crippen molar-refractivity contribution in [3.05, 3.63) is 222 Å². The maximum Gasteiger partial charge on any atom is 0.164 e. The molecule has 0 aliphatic heterocycles. The Labute approximate surface area is 361 Å². The number of hydrogen-bond donors (Lipinski definition) is 0. The second-order valence-electron chi connectivity index (χ2n) is 16.6. The Morgan fingerprint density at radius 2 is 0.746 bits per heavy atom. The van der Waals surface area contributed by atoms with E-state index in [1.54, 1.807) is 0 Å². The minimum Gasteiger partial charge on any atom is -0.456 e. The summed E-state index contributed by atoms with van der Waals surface area (Å²) in [7, 11) is 0. The fourth-order valence-corrected chi connectivity index (χ4v) is 10.8. The van der Waals surface area contributed by atoms with Crippen LogP contribution in [0.15, 0.2) is 209 Å². The number of nitrogens with zero attached hydrogens (tertiary/aromatic N) is 3. The molecule has 0 saturated heterocycles. The van der Waals surface area contributed by atoms with Gasteiger partial charge in [0, 0.05) is 38.2 Å². The maximum absolute atomic E-state index is 6.60. The first-order valence-electron chi connectivity index (χ1n) is 21.3. The van der Waals surface area contributed by atoms with Crippen LogP contribution in [0.4, 0.5) is 0 Å². The molecule has 2 aliphatic carbocycles. The average Bonchev–Trinajstić information content (AvgIpc) is 4.09. The van der Waals surface area contributed by atoms with Crippen LogP contribution in [-0.4, -0.2) is 15.0 Å². The number of hydrogen-bond acceptors (Lipinski definition) is 5. The largest absolute Gasteiger partial charge is 0.456 e. The van der Waals surface area contributed by atoms with Crippen molar-refractivity contribution in [2.75, 3.05) is 0 Å². The van der Waals surface area contributed by atoms with E-state index in [1.807, 2.05) is 72.8 Å². The number of rotatable bonds is 4. The SMILES string of the molecule is c1ccc(-c2nc(-c3cccc4oc5ccccc5c34)nc(-c3cccc4oc5ccc(-c6ccc7c(c6)-c6ccccc6C76c7ccccc7-c7ccccc76)cc5c34)n2)cc1. The molecule has 3 aromatic heterocycles. The van der Waals surface area contributed by atoms with Crippen molar-refractivity contribution in [3.63, 3.8) is 0 Å². The van der Waals surface area contributed by atoms with Gasteiger partial charge in [-0.2, -0.15) is 0 Å². The van der Waals surface area contributed by atoms with Crippen molar-refractivity contribution in [1.29, 1.82) is 0 Å². The Hall–Kier alpha value is -8.41. The smallest absolute Gasteiger partial charge is 0.164 e. The first-order valence-corrected chi connectivity index (χ1v) is 21.3. The lowest BCUT2D eigenvalue weighted by molar-refractivity contribution is 0.668. The molecule has 292 valence electrons. The lowest BCUT2D eigenvalue weighted by Crippen LogP contribution is -2.25. The molecular weight excluding hydrogens is 771 g/mol. The fourth-order valence-electron chi connectivity index (χ4n) is 10.8. The van der Waals surface area contributed by atoms with Crippen molar-refractivity contribution < 1.29 is 8.83 Å². The summed E-state index contributed by atoms with van der Waals surface area (Å²) in [4.78, 5) is 15.6. The molecule has 9 aromatic carbocycles. The van der Waals surface area contributed by atoms with Crippen molar-refractivity contribution in [1.82, 2.24) is 15.0 Å². The lowest BCUT2D eigenvalue weighted by Gasteiger charge is -2.30. The Morgan fingerprint density at radius 3 is 1.41 bits per heavy atom. The van der Waals surface area contributed by atoms with E-state index in [-0.39, 0.29) is 5.41 Å². The maximum atomic E-state index is 6.60. The molecular formula is C58H33N3O2. The third-order valence-corrected chi connectivity index (χ3v) is 13.4. The summed E-state index contributed by atoms with van der Waals surface area (Å²) in [5.74, 6) is 1.73. The van der Waals surface area contributed by atoms with Crippen LogP contribution in [0.25, 0.3) is 111 Å². The molecule has 0 bridgehead atoms. The molecule has 5 heteroatoms. The summed E-state index contributed by atoms with van der Waals surface area (Å²) in [5, 5.41) is 3.96. The summed E-state index contributed by atoms with van der Waals surface area (Å²) in [6.07, 6.45) is 0. The molecule has 12 aromatic rings. The monoisotopic (exact) mass is 803 g/mol. The lowest BCUT2D eigenvalue weighted by atomic mass is 9.70. The zero-order valence-electron chi connectivity index (χ0n) is 33.7. The van der Waals surface area contributed by atoms with Crippen LogP contribution in [-0.2, 0) is 5.41 Å². The highest BCUT2D eigenvalue weighted by molar-refractivity contribution is 6.14. The molecule has 0 N–H and O–H groups in total. The highest BCUT2D eigenvalue weighted by atomic mass is 16.3. The second-order valence-corrected chi connectivity index (χ2v) is 16.6. The molecule has 0 saturated carbocycles. The zero-order chi connectivity index (χ0) is 41.2. The van der Waals surface area contributed by atoms with E-state index in [0.717, 1.165) is 71.7 Å². The highest BCUT2D eigenvalue weighted by Crippen LogP contribution is 2.63. The molecule has 1 spiro atoms. The van der Waals surface area contributed by atoms with E-state index >= 15 is 0 Å². The van der Waals surface area contributed by atoms with Crippen molar-refractivity contribution >= 4 is 43.9 Å². The number of aromatic nitrogens is 3. The number of fused-ring (bicyclic) bond motifs is 16. The van der Waals surface area contributed by atoms with Crippen LogP contribution in [0.1, 0.15) is 22.3 Å². The number of para-hydroxylation sites is 1. The summed E-state index contributed by atoms with van der Waals surface area (Å²) < 4.78 is 12.9. The normalized spacial score (nSPS) is 13.2. The zero-order valence-corrected chi connectivity index (χ0v) is 33.7. The van der Waals surface area contributed by atoms with Crippen LogP contribution in [0.2, 0.25) is 0 Å². The van der Waals surface area contributed by atoms with Gasteiger partial charge in [-0.15, -0.1) is 0 Å². The molecule has 3 heterocycles. The second kappa shape index (κ2) is 12.8. The molecule has 2 aliphatic rings. The van der Waals surface area contributed by atoms with Gasteiger partial charge in [0.05, 0.1) is 5.41 Å². The topological polar surface area (TPSA) is 65.0 Å². The molecule has 63 heavy (non-hydrogen) atoms. The summed E-state index contributed by atoms with van der Waals surface area (Å²) in [6.45, 7) is 0. The van der Waals surface area contributed by atoms with Gasteiger partial charge in [0.2, 0.25) is 0 Å². The third kappa shape index (κ3) is 4.73. The summed E-state index contributed by atoms with van der Waals surface area (Å²) in [6, 6.07) is 70.9. The Morgan fingerprint density at radius 1 is 0.286 bits per heavy atom. The predicted molar refractivity (Wildman–Crippen MR) is 252 cm³/mol. The van der Waals surface area contributed by atoms with Crippen LogP contribution < -0.4 is 0 Å². The fraction of sp³-hybridized carbons (Fsp3) is 0.0172.